The van der Waals surface area contributed by atoms with Crippen LogP contribution in [0.5, 0.6) is 0 Å². The average molecular weight is 177 g/mol. The molecule has 0 saturated heterocycles. The third-order valence-corrected chi connectivity index (χ3v) is 0. The molecule has 0 heterocycles. The Kier molecular flexibility index (Phi) is 20.7. The van der Waals surface area contributed by atoms with E-state index >= 15 is 0 Å². The van der Waals surface area contributed by atoms with Crippen LogP contribution >= 0.6 is 0 Å². The first kappa shape index (κ1) is 16.3. The molecule has 0 spiro atoms. The van der Waals surface area contributed by atoms with Crippen LogP contribution in [0.3, 0.4) is 0 Å². The van der Waals surface area contributed by atoms with Crippen LogP contribution in [0.4, 0.5) is 15.5 Å². The Bertz CT molecular complexity index is 74.6. The summed E-state index contributed by atoms with van der Waals surface area (Å²) in [5.74, 6) is 0. The van der Waals surface area contributed by atoms with Crippen molar-refractivity contribution in [2.24, 2.45) is 0 Å². The molecular formula is H2F4LiN2S2. The molecule has 0 aliphatic carbocycles. The van der Waals surface area contributed by atoms with Crippen LogP contribution in [0.1, 0.15) is 0 Å². The first-order chi connectivity index (χ1) is 3.46. The number of nitrogens with one attached hydrogen (secondary N) is 2. The van der Waals surface area contributed by atoms with E-state index in [0.29, 0.717) is 0 Å². The summed E-state index contributed by atoms with van der Waals surface area (Å²) in [4.78, 5) is 0. The Balaban J connectivity index is -0.0000000720. The summed E-state index contributed by atoms with van der Waals surface area (Å²) < 4.78 is 50.7. The van der Waals surface area contributed by atoms with Gasteiger partial charge in [0.2, 0.25) is 0 Å². The Morgan fingerprint density at radius 3 is 0.778 bits per heavy atom. The van der Waals surface area contributed by atoms with Crippen LogP contribution in [0.15, 0.2) is 0 Å². The van der Waals surface area contributed by atoms with Gasteiger partial charge in [-0.15, -0.1) is 15.5 Å². The van der Waals surface area contributed by atoms with Crippen molar-refractivity contribution < 1.29 is 15.5 Å². The Morgan fingerprint density at radius 2 is 0.778 bits per heavy atom. The first-order valence-electron chi connectivity index (χ1n) is 1.03. The summed E-state index contributed by atoms with van der Waals surface area (Å²) in [7, 11) is 0. The molecule has 0 aromatic heterocycles. The molecule has 53 valence electrons. The van der Waals surface area contributed by atoms with Crippen molar-refractivity contribution in [3.8, 4) is 0 Å². The maximum absolute atomic E-state index is 10.0. The van der Waals surface area contributed by atoms with Crippen LogP contribution in [-0.4, -0.2) is 18.9 Å². The van der Waals surface area contributed by atoms with Gasteiger partial charge in [-0.25, -0.2) is 9.56 Å². The molecule has 9 heteroatoms. The summed E-state index contributed by atoms with van der Waals surface area (Å²) in [5, 5.41) is 0. The predicted molar refractivity (Wildman–Crippen MR) is 30.4 cm³/mol. The van der Waals surface area contributed by atoms with Gasteiger partial charge in [-0.1, -0.05) is 0 Å². The van der Waals surface area contributed by atoms with Crippen molar-refractivity contribution in [1.29, 1.82) is 9.56 Å². The Hall–Kier alpha value is 0.617. The minimum Gasteiger partial charge on any atom is -0.222 e. The van der Waals surface area contributed by atoms with Gasteiger partial charge >= 0.3 is 0 Å². The SMILES string of the molecule is N=S(F)F.N=S(F)F.[Li]. The molecule has 0 aliphatic rings. The molecule has 0 aromatic carbocycles. The van der Waals surface area contributed by atoms with Gasteiger partial charge in [-0.05, 0) is 0 Å². The van der Waals surface area contributed by atoms with Gasteiger partial charge in [0, 0.05) is 18.9 Å². The molecule has 0 atom stereocenters. The van der Waals surface area contributed by atoms with Gasteiger partial charge in [0.1, 0.15) is 0 Å². The molecule has 0 saturated carbocycles. The summed E-state index contributed by atoms with van der Waals surface area (Å²) in [6.45, 7) is 0. The summed E-state index contributed by atoms with van der Waals surface area (Å²) in [6, 6.07) is 0. The third-order valence-electron chi connectivity index (χ3n) is 0. The normalized spacial score (nSPS) is 7.78. The topological polar surface area (TPSA) is 47.7 Å². The standard InChI is InChI=1S/2F2HNS.Li/c2*1-4(2)3;/h2*3H;. The van der Waals surface area contributed by atoms with E-state index in [0.717, 1.165) is 0 Å². The fourth-order valence-electron chi connectivity index (χ4n) is 0. The predicted octanol–water partition coefficient (Wildman–Crippen LogP) is 1.89. The maximum Gasteiger partial charge on any atom is 0.258 e. The van der Waals surface area contributed by atoms with Gasteiger partial charge in [-0.3, -0.25) is 0 Å². The number of hydrogen-bond donors (Lipinski definition) is 2. The first-order valence-corrected chi connectivity index (χ1v) is 3.08. The number of rotatable bonds is 0. The second-order valence-electron chi connectivity index (χ2n) is 0.425. The van der Waals surface area contributed by atoms with Crippen LogP contribution < -0.4 is 0 Å². The van der Waals surface area contributed by atoms with Crippen LogP contribution in [0, 0.1) is 9.56 Å². The molecule has 0 unspecified atom stereocenters. The van der Waals surface area contributed by atoms with Crippen molar-refractivity contribution >= 4 is 41.8 Å². The van der Waals surface area contributed by atoms with E-state index in [4.69, 9.17) is 9.56 Å². The summed E-state index contributed by atoms with van der Waals surface area (Å²) in [6.07, 6.45) is 0. The smallest absolute Gasteiger partial charge is 0.222 e. The quantitative estimate of drug-likeness (QED) is 0.419. The van der Waals surface area contributed by atoms with E-state index in [1.165, 1.54) is 0 Å². The second kappa shape index (κ2) is 11.4. The van der Waals surface area contributed by atoms with Gasteiger partial charge < -0.3 is 0 Å². The van der Waals surface area contributed by atoms with Gasteiger partial charge in [-0.2, -0.15) is 0 Å². The molecule has 0 fully saturated rings. The van der Waals surface area contributed by atoms with E-state index in [-0.39, 0.29) is 18.9 Å². The van der Waals surface area contributed by atoms with E-state index < -0.39 is 22.9 Å². The zero-order chi connectivity index (χ0) is 7.15. The zero-order valence-corrected chi connectivity index (χ0v) is 5.96. The van der Waals surface area contributed by atoms with Crippen LogP contribution in [-0.2, 0) is 22.9 Å². The number of hydrogen-bond acceptors (Lipinski definition) is 2. The summed E-state index contributed by atoms with van der Waals surface area (Å²) in [5.41, 5.74) is 0. The molecule has 1 radical (unpaired) electrons. The van der Waals surface area contributed by atoms with E-state index in [1.807, 2.05) is 0 Å². The maximum atomic E-state index is 10.0. The molecule has 2 nitrogen and oxygen atoms in total. The molecule has 0 bridgehead atoms. The van der Waals surface area contributed by atoms with Crippen molar-refractivity contribution in [2.75, 3.05) is 0 Å². The molecule has 0 aromatic rings. The zero-order valence-electron chi connectivity index (χ0n) is 4.33. The fourth-order valence-corrected chi connectivity index (χ4v) is 0. The Labute approximate surface area is 67.2 Å². The minimum absolute atomic E-state index is 0. The molecule has 0 amide bonds. The largest absolute Gasteiger partial charge is 0.258 e. The third kappa shape index (κ3) is 990. The van der Waals surface area contributed by atoms with Gasteiger partial charge in [0.05, 0.1) is 0 Å². The van der Waals surface area contributed by atoms with Crippen LogP contribution in [0.25, 0.3) is 0 Å². The van der Waals surface area contributed by atoms with Gasteiger partial charge in [0.15, 0.2) is 0 Å². The second-order valence-corrected chi connectivity index (χ2v) is 1.28. The number of halogens is 4. The molecule has 0 rings (SSSR count). The molecular weight excluding hydrogens is 175 g/mol. The molecule has 9 heavy (non-hydrogen) atoms. The van der Waals surface area contributed by atoms with Crippen molar-refractivity contribution in [3.05, 3.63) is 0 Å². The van der Waals surface area contributed by atoms with Crippen molar-refractivity contribution in [2.45, 2.75) is 0 Å². The fraction of sp³-hybridized carbons (Fsp3) is 0. The average Bonchev–Trinajstić information content (AvgIpc) is 1.25. The van der Waals surface area contributed by atoms with Crippen molar-refractivity contribution in [1.82, 2.24) is 0 Å². The molecule has 0 aliphatic heterocycles. The van der Waals surface area contributed by atoms with E-state index in [9.17, 15) is 15.5 Å². The monoisotopic (exact) mass is 177 g/mol. The summed E-state index contributed by atoms with van der Waals surface area (Å²) >= 11 is -6.22. The van der Waals surface area contributed by atoms with Crippen molar-refractivity contribution in [3.63, 3.8) is 0 Å². The molecule has 2 N–H and O–H groups in total. The van der Waals surface area contributed by atoms with Crippen LogP contribution in [0.2, 0.25) is 0 Å². The van der Waals surface area contributed by atoms with Gasteiger partial charge in [0.25, 0.3) is 22.9 Å². The minimum atomic E-state index is -3.11. The van der Waals surface area contributed by atoms with E-state index in [2.05, 4.69) is 0 Å². The Morgan fingerprint density at radius 1 is 0.778 bits per heavy atom. The van der Waals surface area contributed by atoms with E-state index in [1.54, 1.807) is 0 Å².